The zero-order valence-electron chi connectivity index (χ0n) is 15.2. The zero-order valence-corrected chi connectivity index (χ0v) is 16.1. The Balaban J connectivity index is 1.34. The van der Waals surface area contributed by atoms with Gasteiger partial charge in [0.2, 0.25) is 11.7 Å². The van der Waals surface area contributed by atoms with Crippen molar-refractivity contribution in [2.75, 3.05) is 13.2 Å². The Labute approximate surface area is 165 Å². The van der Waals surface area contributed by atoms with Crippen molar-refractivity contribution in [3.05, 3.63) is 47.7 Å². The van der Waals surface area contributed by atoms with Gasteiger partial charge in [0, 0.05) is 12.6 Å². The fourth-order valence-electron chi connectivity index (χ4n) is 3.35. The average Bonchev–Trinajstić information content (AvgIpc) is 3.07. The van der Waals surface area contributed by atoms with Gasteiger partial charge in [-0.15, -0.1) is 0 Å². The number of hydrogen-bond donors (Lipinski definition) is 0. The van der Waals surface area contributed by atoms with E-state index in [9.17, 15) is 22.9 Å². The Morgan fingerprint density at radius 2 is 2.07 bits per heavy atom. The van der Waals surface area contributed by atoms with Crippen LogP contribution in [-0.2, 0) is 38.9 Å². The fourth-order valence-corrected chi connectivity index (χ4v) is 4.75. The molecule has 1 aromatic rings. The Morgan fingerprint density at radius 3 is 2.86 bits per heavy atom. The predicted molar refractivity (Wildman–Crippen MR) is 93.4 cm³/mol. The third kappa shape index (κ3) is 4.46. The predicted octanol–water partition coefficient (Wildman–Crippen LogP) is 2.64. The van der Waals surface area contributed by atoms with Gasteiger partial charge in [-0.3, -0.25) is 28.1 Å². The van der Waals surface area contributed by atoms with E-state index in [0.29, 0.717) is 12.0 Å². The maximum atomic E-state index is 13.6. The summed E-state index contributed by atoms with van der Waals surface area (Å²) in [5.41, 5.74) is 0.669. The van der Waals surface area contributed by atoms with E-state index >= 15 is 0 Å². The lowest BCUT2D eigenvalue weighted by Gasteiger charge is -2.30. The van der Waals surface area contributed by atoms with Crippen LogP contribution < -0.4 is 0 Å². The molecule has 0 spiro atoms. The third-order valence-electron chi connectivity index (χ3n) is 4.80. The minimum Gasteiger partial charge on any atom is -0.349 e. The summed E-state index contributed by atoms with van der Waals surface area (Å²) < 4.78 is 61.1. The maximum absolute atomic E-state index is 13.6. The molecule has 4 rings (SSSR count). The highest BCUT2D eigenvalue weighted by molar-refractivity contribution is 7.48. The molecule has 0 radical (unpaired) electrons. The summed E-state index contributed by atoms with van der Waals surface area (Å²) in [6, 6.07) is 5.94. The number of benzene rings is 1. The summed E-state index contributed by atoms with van der Waals surface area (Å²) in [4.78, 5) is 24.3. The topological polar surface area (TPSA) is 91.4 Å². The number of phosphoric acid groups is 1. The van der Waals surface area contributed by atoms with Crippen LogP contribution >= 0.6 is 7.82 Å². The van der Waals surface area contributed by atoms with Gasteiger partial charge < -0.3 is 4.74 Å². The first-order valence-corrected chi connectivity index (χ1v) is 10.5. The van der Waals surface area contributed by atoms with Gasteiger partial charge in [0.05, 0.1) is 19.6 Å². The first-order chi connectivity index (χ1) is 13.8. The van der Waals surface area contributed by atoms with E-state index in [1.807, 2.05) is 0 Å². The number of Topliss-reactive ketones (excluding diaryl/α,β-unsaturated/α-hetero) is 1. The van der Waals surface area contributed by atoms with E-state index in [4.69, 9.17) is 18.3 Å². The van der Waals surface area contributed by atoms with Crippen molar-refractivity contribution in [1.82, 2.24) is 4.90 Å². The van der Waals surface area contributed by atoms with Crippen LogP contribution in [0.25, 0.3) is 0 Å². The summed E-state index contributed by atoms with van der Waals surface area (Å²) in [7, 11) is -3.86. The first-order valence-electron chi connectivity index (χ1n) is 9.02. The number of ether oxygens (including phenoxy) is 1. The maximum Gasteiger partial charge on any atom is 0.475 e. The SMILES string of the molecule is O=C1CC(=O)N([C@H]2C[C@@H]3OP(=O)(OCCc4cccc(F)c4)OC[C@H]3O2)C=C1F. The smallest absolute Gasteiger partial charge is 0.349 e. The van der Waals surface area contributed by atoms with Crippen LogP contribution in [0.4, 0.5) is 8.78 Å². The molecule has 1 amide bonds. The zero-order chi connectivity index (χ0) is 20.6. The molecule has 11 heteroatoms. The molecule has 1 aromatic carbocycles. The Morgan fingerprint density at radius 1 is 1.24 bits per heavy atom. The third-order valence-corrected chi connectivity index (χ3v) is 6.29. The van der Waals surface area contributed by atoms with Gasteiger partial charge in [-0.2, -0.15) is 0 Å². The van der Waals surface area contributed by atoms with Gasteiger partial charge in [0.15, 0.2) is 5.83 Å². The molecular weight excluding hydrogens is 411 g/mol. The minimum atomic E-state index is -3.86. The second-order valence-corrected chi connectivity index (χ2v) is 8.46. The highest BCUT2D eigenvalue weighted by Crippen LogP contribution is 2.56. The molecule has 8 nitrogen and oxygen atoms in total. The summed E-state index contributed by atoms with van der Waals surface area (Å²) in [6.45, 7) is -0.103. The van der Waals surface area contributed by atoms with E-state index in [-0.39, 0.29) is 25.5 Å². The van der Waals surface area contributed by atoms with Gasteiger partial charge in [0.25, 0.3) is 0 Å². The van der Waals surface area contributed by atoms with E-state index in [2.05, 4.69) is 0 Å². The summed E-state index contributed by atoms with van der Waals surface area (Å²) in [6.07, 6.45) is -1.50. The Kier molecular flexibility index (Phi) is 5.63. The molecule has 0 saturated carbocycles. The van der Waals surface area contributed by atoms with Gasteiger partial charge in [-0.1, -0.05) is 12.1 Å². The van der Waals surface area contributed by atoms with Gasteiger partial charge in [-0.05, 0) is 24.1 Å². The minimum absolute atomic E-state index is 0.0108. The lowest BCUT2D eigenvalue weighted by molar-refractivity contribution is -0.146. The lowest BCUT2D eigenvalue weighted by Crippen LogP contribution is -2.40. The van der Waals surface area contributed by atoms with Crippen molar-refractivity contribution in [1.29, 1.82) is 0 Å². The molecule has 4 atom stereocenters. The molecule has 2 fully saturated rings. The number of fused-ring (bicyclic) bond motifs is 1. The van der Waals surface area contributed by atoms with E-state index < -0.39 is 50.2 Å². The molecule has 3 aliphatic rings. The largest absolute Gasteiger partial charge is 0.475 e. The molecule has 0 N–H and O–H groups in total. The van der Waals surface area contributed by atoms with Gasteiger partial charge in [-0.25, -0.2) is 13.3 Å². The van der Waals surface area contributed by atoms with Crippen molar-refractivity contribution >= 4 is 19.5 Å². The number of carbonyl (C=O) groups excluding carboxylic acids is 2. The molecule has 29 heavy (non-hydrogen) atoms. The van der Waals surface area contributed by atoms with Crippen molar-refractivity contribution in [2.45, 2.75) is 37.7 Å². The molecule has 0 aliphatic carbocycles. The molecule has 3 heterocycles. The van der Waals surface area contributed by atoms with Crippen LogP contribution in [0.5, 0.6) is 0 Å². The number of allylic oxidation sites excluding steroid dienone is 1. The molecular formula is C18H18F2NO7P. The molecule has 156 valence electrons. The normalized spacial score (nSPS) is 32.3. The van der Waals surface area contributed by atoms with Gasteiger partial charge in [0.1, 0.15) is 24.3 Å². The molecule has 0 bridgehead atoms. The quantitative estimate of drug-likeness (QED) is 0.525. The van der Waals surface area contributed by atoms with E-state index in [0.717, 1.165) is 11.1 Å². The number of nitrogens with zero attached hydrogens (tertiary/aromatic N) is 1. The first kappa shape index (κ1) is 20.3. The number of phosphoric ester groups is 1. The molecule has 0 aromatic heterocycles. The van der Waals surface area contributed by atoms with E-state index in [1.165, 1.54) is 12.1 Å². The molecule has 1 unspecified atom stereocenters. The summed E-state index contributed by atoms with van der Waals surface area (Å²) in [5, 5.41) is 0. The number of halogens is 2. The molecule has 3 aliphatic heterocycles. The van der Waals surface area contributed by atoms with Crippen molar-refractivity contribution < 1.29 is 41.2 Å². The summed E-state index contributed by atoms with van der Waals surface area (Å²) in [5.74, 6) is -2.87. The highest BCUT2D eigenvalue weighted by Gasteiger charge is 2.49. The van der Waals surface area contributed by atoms with Crippen LogP contribution in [-0.4, -0.2) is 48.2 Å². The van der Waals surface area contributed by atoms with Crippen LogP contribution in [0.2, 0.25) is 0 Å². The summed E-state index contributed by atoms with van der Waals surface area (Å²) >= 11 is 0. The second-order valence-electron chi connectivity index (χ2n) is 6.84. The number of carbonyl (C=O) groups is 2. The second kappa shape index (κ2) is 8.04. The lowest BCUT2D eigenvalue weighted by atomic mass is 10.1. The highest BCUT2D eigenvalue weighted by atomic mass is 31.2. The number of amides is 1. The number of rotatable bonds is 5. The standard InChI is InChI=1S/C18H18F2NO7P/c19-12-3-1-2-11(6-12)4-5-25-29(24)26-10-16-15(28-29)8-18(27-16)21-9-13(20)14(22)7-17(21)23/h1-3,6,9,15-16,18H,4-5,7-8,10H2/t15-,16+,18+,29?/m0/s1. The van der Waals surface area contributed by atoms with E-state index in [1.54, 1.807) is 12.1 Å². The average molecular weight is 429 g/mol. The van der Waals surface area contributed by atoms with Gasteiger partial charge >= 0.3 is 7.82 Å². The van der Waals surface area contributed by atoms with Crippen molar-refractivity contribution in [2.24, 2.45) is 0 Å². The van der Waals surface area contributed by atoms with Crippen LogP contribution in [0.1, 0.15) is 18.4 Å². The fraction of sp³-hybridized carbons (Fsp3) is 0.444. The van der Waals surface area contributed by atoms with Crippen molar-refractivity contribution in [3.8, 4) is 0 Å². The Bertz CT molecular complexity index is 908. The Hall–Kier alpha value is -1.97. The number of ketones is 1. The molecule has 2 saturated heterocycles. The van der Waals surface area contributed by atoms with Crippen LogP contribution in [0.15, 0.2) is 36.3 Å². The monoisotopic (exact) mass is 429 g/mol. The van der Waals surface area contributed by atoms with Crippen LogP contribution in [0.3, 0.4) is 0 Å². The number of hydrogen-bond acceptors (Lipinski definition) is 7. The van der Waals surface area contributed by atoms with Crippen LogP contribution in [0, 0.1) is 5.82 Å². The van der Waals surface area contributed by atoms with Crippen molar-refractivity contribution in [3.63, 3.8) is 0 Å².